The van der Waals surface area contributed by atoms with Gasteiger partial charge in [-0.3, -0.25) is 38.4 Å². The Morgan fingerprint density at radius 3 is 2.60 bits per heavy atom. The van der Waals surface area contributed by atoms with Gasteiger partial charge in [0.1, 0.15) is 18.1 Å². The van der Waals surface area contributed by atoms with E-state index in [1.54, 1.807) is 17.8 Å². The molecule has 17 nitrogen and oxygen atoms in total. The first-order valence-electron chi connectivity index (χ1n) is 23.6. The molecule has 1 aromatic carbocycles. The molecule has 3 amide bonds. The van der Waals surface area contributed by atoms with Gasteiger partial charge in [0.25, 0.3) is 5.91 Å². The van der Waals surface area contributed by atoms with Gasteiger partial charge < -0.3 is 24.7 Å². The molecule has 1 unspecified atom stereocenters. The maximum Gasteiger partial charge on any atom is 0.329 e. The van der Waals surface area contributed by atoms with E-state index in [0.717, 1.165) is 118 Å². The SMILES string of the molecule is CC(C)c1nn([C@H]2CC[C@H](CN(C)C[C@@H]3CN(CCCc4ccc5c(c4)n(C)c(=O)n5C4CCC(=O)NC4=O)CCO3)CC2)cc1NC(=O)c1coc(-c2ccnc(NCC3CC3)c2)n1. The summed E-state index contributed by atoms with van der Waals surface area (Å²) in [6, 6.07) is 9.37. The van der Waals surface area contributed by atoms with Gasteiger partial charge in [-0.05, 0) is 119 Å². The molecule has 9 rings (SSSR count). The Bertz CT molecular complexity index is 2560. The van der Waals surface area contributed by atoms with Crippen LogP contribution in [0.2, 0.25) is 0 Å². The van der Waals surface area contributed by atoms with Crippen LogP contribution in [0.25, 0.3) is 22.5 Å². The van der Waals surface area contributed by atoms with Gasteiger partial charge in [-0.25, -0.2) is 14.8 Å². The normalized spacial score (nSPS) is 21.9. The van der Waals surface area contributed by atoms with E-state index in [4.69, 9.17) is 14.3 Å². The zero-order valence-corrected chi connectivity index (χ0v) is 38.1. The zero-order chi connectivity index (χ0) is 45.2. The minimum atomic E-state index is -0.683. The number of aromatic nitrogens is 6. The second-order valence-electron chi connectivity index (χ2n) is 19.1. The van der Waals surface area contributed by atoms with Crippen LogP contribution >= 0.6 is 0 Å². The fourth-order valence-corrected chi connectivity index (χ4v) is 9.89. The summed E-state index contributed by atoms with van der Waals surface area (Å²) >= 11 is 0. The molecule has 6 heterocycles. The molecule has 346 valence electrons. The van der Waals surface area contributed by atoms with E-state index in [9.17, 15) is 19.2 Å². The Labute approximate surface area is 379 Å². The lowest BCUT2D eigenvalue weighted by Crippen LogP contribution is -2.47. The first-order chi connectivity index (χ1) is 31.4. The number of oxazole rings is 1. The van der Waals surface area contributed by atoms with Crippen LogP contribution in [0.5, 0.6) is 0 Å². The number of ether oxygens (including phenoxy) is 1. The number of aryl methyl sites for hydroxylation is 2. The summed E-state index contributed by atoms with van der Waals surface area (Å²) in [7, 11) is 3.95. The lowest BCUT2D eigenvalue weighted by Gasteiger charge is -2.36. The molecule has 5 aromatic rings. The van der Waals surface area contributed by atoms with Crippen molar-refractivity contribution < 1.29 is 23.5 Å². The van der Waals surface area contributed by atoms with Crippen molar-refractivity contribution in [1.29, 1.82) is 0 Å². The third-order valence-corrected chi connectivity index (χ3v) is 13.7. The number of nitrogens with one attached hydrogen (secondary N) is 3. The number of pyridine rings is 1. The molecule has 2 saturated carbocycles. The Kier molecular flexibility index (Phi) is 13.3. The summed E-state index contributed by atoms with van der Waals surface area (Å²) in [5.41, 5.74) is 4.96. The molecule has 0 radical (unpaired) electrons. The Morgan fingerprint density at radius 2 is 1.82 bits per heavy atom. The number of imidazole rings is 1. The highest BCUT2D eigenvalue weighted by atomic mass is 16.5. The number of imide groups is 1. The molecule has 2 aliphatic heterocycles. The first-order valence-corrected chi connectivity index (χ1v) is 23.6. The Morgan fingerprint density at radius 1 is 1.00 bits per heavy atom. The van der Waals surface area contributed by atoms with Crippen molar-refractivity contribution in [3.05, 3.63) is 76.4 Å². The maximum absolute atomic E-state index is 13.4. The summed E-state index contributed by atoms with van der Waals surface area (Å²) in [6.45, 7) is 10.5. The van der Waals surface area contributed by atoms with Gasteiger partial charge in [-0.2, -0.15) is 5.10 Å². The van der Waals surface area contributed by atoms with E-state index in [0.29, 0.717) is 29.4 Å². The number of carbonyl (C=O) groups is 3. The van der Waals surface area contributed by atoms with Gasteiger partial charge in [0.2, 0.25) is 17.7 Å². The van der Waals surface area contributed by atoms with Gasteiger partial charge >= 0.3 is 5.69 Å². The van der Waals surface area contributed by atoms with Crippen LogP contribution in [0, 0.1) is 11.8 Å². The predicted octanol–water partition coefficient (Wildman–Crippen LogP) is 5.76. The van der Waals surface area contributed by atoms with E-state index in [1.165, 1.54) is 23.7 Å². The summed E-state index contributed by atoms with van der Waals surface area (Å²) in [4.78, 5) is 64.8. The number of hydrogen-bond acceptors (Lipinski definition) is 12. The molecule has 0 bridgehead atoms. The largest absolute Gasteiger partial charge is 0.444 e. The van der Waals surface area contributed by atoms with Crippen molar-refractivity contribution in [2.24, 2.45) is 18.9 Å². The number of likely N-dealkylation sites (N-methyl/N-ethyl adjacent to an activating group) is 1. The molecule has 4 aliphatic rings. The predicted molar refractivity (Wildman–Crippen MR) is 247 cm³/mol. The molecular weight excluding hydrogens is 827 g/mol. The fourth-order valence-electron chi connectivity index (χ4n) is 9.89. The van der Waals surface area contributed by atoms with Crippen LogP contribution in [0.1, 0.15) is 111 Å². The highest BCUT2D eigenvalue weighted by Crippen LogP contribution is 2.35. The van der Waals surface area contributed by atoms with Gasteiger partial charge in [0.05, 0.1) is 41.2 Å². The lowest BCUT2D eigenvalue weighted by atomic mass is 9.86. The van der Waals surface area contributed by atoms with Crippen LogP contribution in [0.4, 0.5) is 11.5 Å². The molecule has 2 aliphatic carbocycles. The molecule has 2 saturated heterocycles. The minimum absolute atomic E-state index is 0.127. The van der Waals surface area contributed by atoms with Crippen LogP contribution in [-0.4, -0.2) is 115 Å². The third kappa shape index (κ3) is 10.4. The van der Waals surface area contributed by atoms with E-state index >= 15 is 0 Å². The number of hydrogen-bond donors (Lipinski definition) is 3. The smallest absolute Gasteiger partial charge is 0.329 e. The maximum atomic E-state index is 13.4. The molecule has 4 aromatic heterocycles. The summed E-state index contributed by atoms with van der Waals surface area (Å²) < 4.78 is 17.2. The van der Waals surface area contributed by atoms with Gasteiger partial charge in [0.15, 0.2) is 5.69 Å². The Hall–Kier alpha value is -5.65. The third-order valence-electron chi connectivity index (χ3n) is 13.7. The number of piperidine rings is 1. The summed E-state index contributed by atoms with van der Waals surface area (Å²) in [5.74, 6) is 1.55. The quantitative estimate of drug-likeness (QED) is 0.0961. The topological polar surface area (TPSA) is 187 Å². The second-order valence-corrected chi connectivity index (χ2v) is 19.1. The van der Waals surface area contributed by atoms with Gasteiger partial charge in [-0.15, -0.1) is 0 Å². The molecule has 65 heavy (non-hydrogen) atoms. The van der Waals surface area contributed by atoms with Crippen LogP contribution in [0.15, 0.2) is 58.2 Å². The monoisotopic (exact) mass is 889 g/mol. The number of anilines is 2. The minimum Gasteiger partial charge on any atom is -0.444 e. The standard InChI is InChI=1S/C48H63N11O6/c1-30(2)44-37(51-45(61)38-29-65-47(52-38)34-17-18-49-42(23-34)50-24-32-7-8-32)28-58(54-44)35-12-9-33(10-13-35)25-55(3)26-36-27-57(20-21-64-36)19-5-6-31-11-14-39-41(22-31)56(4)48(63)59(39)40-15-16-43(60)53-46(40)62/h11,14,17-18,22-23,28-30,32-33,35-36,40H,5-10,12-13,15-16,19-21,24-27H2,1-4H3,(H,49,50)(H,51,61)(H,53,60,62)/t33-,35-,36-,40?/m1/s1. The van der Waals surface area contributed by atoms with Crippen molar-refractivity contribution >= 4 is 40.3 Å². The van der Waals surface area contributed by atoms with Crippen LogP contribution < -0.4 is 21.6 Å². The average Bonchev–Trinajstić information content (AvgIpc) is 3.71. The van der Waals surface area contributed by atoms with Crippen molar-refractivity contribution in [2.75, 3.05) is 63.6 Å². The molecule has 3 N–H and O–H groups in total. The van der Waals surface area contributed by atoms with E-state index in [2.05, 4.69) is 67.4 Å². The fraction of sp³-hybridized carbons (Fsp3) is 0.562. The second kappa shape index (κ2) is 19.4. The molecule has 0 spiro atoms. The number of rotatable bonds is 17. The Balaban J connectivity index is 0.720. The van der Waals surface area contributed by atoms with Crippen LogP contribution in [0.3, 0.4) is 0 Å². The number of fused-ring (bicyclic) bond motifs is 1. The molecule has 17 heteroatoms. The van der Waals surface area contributed by atoms with Crippen molar-refractivity contribution in [2.45, 2.75) is 102 Å². The van der Waals surface area contributed by atoms with Crippen molar-refractivity contribution in [3.8, 4) is 11.5 Å². The first kappa shape index (κ1) is 44.5. The highest BCUT2D eigenvalue weighted by molar-refractivity contribution is 6.03. The number of carbonyl (C=O) groups excluding carboxylic acids is 3. The molecule has 2 atom stereocenters. The molecule has 4 fully saturated rings. The number of amides is 3. The number of nitrogens with zero attached hydrogens (tertiary/aromatic N) is 8. The lowest BCUT2D eigenvalue weighted by molar-refractivity contribution is -0.135. The highest BCUT2D eigenvalue weighted by Gasteiger charge is 2.32. The molecular formula is C48H63N11O6. The summed E-state index contributed by atoms with van der Waals surface area (Å²) in [5, 5.41) is 13.8. The average molecular weight is 890 g/mol. The van der Waals surface area contributed by atoms with Crippen LogP contribution in [-0.2, 0) is 27.8 Å². The van der Waals surface area contributed by atoms with E-state index in [1.807, 2.05) is 30.5 Å². The van der Waals surface area contributed by atoms with Gasteiger partial charge in [-0.1, -0.05) is 19.9 Å². The summed E-state index contributed by atoms with van der Waals surface area (Å²) in [6.07, 6.45) is 14.5. The van der Waals surface area contributed by atoms with Crippen molar-refractivity contribution in [3.63, 3.8) is 0 Å². The van der Waals surface area contributed by atoms with E-state index in [-0.39, 0.29) is 47.7 Å². The van der Waals surface area contributed by atoms with Crippen molar-refractivity contribution in [1.82, 2.24) is 44.0 Å². The number of morpholine rings is 1. The van der Waals surface area contributed by atoms with E-state index < -0.39 is 11.9 Å². The number of benzene rings is 1. The van der Waals surface area contributed by atoms with Gasteiger partial charge in [0, 0.05) is 64.1 Å². The zero-order valence-electron chi connectivity index (χ0n) is 38.1.